The molecule has 416 valence electrons. The molecule has 5 heterocycles. The van der Waals surface area contributed by atoms with E-state index < -0.39 is 88.4 Å². The highest BCUT2D eigenvalue weighted by molar-refractivity contribution is 14.1. The largest absolute Gasteiger partial charge is 0.459 e. The quantitative estimate of drug-likeness (QED) is 0.0940. The molecule has 3 fully saturated rings. The third-order valence-electron chi connectivity index (χ3n) is 15.2. The molecular weight excluding hydrogens is 1070 g/mol. The standard InChI is InChI=1S/C52H82FIN8O12/c1-31-23-51(8,66)44(22-43(72-46-25-50(7,68-12)24-33(3)71-46)34(4)48(65)74-49(54)52(9,67)47(64)35(5)60(11)27-31)73-45-21-41(19-32(2)70-45)59(10)18-17-38-28-62(57-55-38)42(26-53)20-37-13-15-40(16-14-37)61-29-39(56-58-61)30-69-36(6)63/h13-16,28-29,31-35,41-47,49,64,66-67H,17-27,30H2,1-12H3/t31-,32-,33+,34-,35-,41+,42+,43+,44-,45+,46+,47-,49+,50+,51-,52+/m1/s1. The third-order valence-corrected chi connectivity index (χ3v) is 16.8. The summed E-state index contributed by atoms with van der Waals surface area (Å²) in [5, 5.41) is 52.7. The van der Waals surface area contributed by atoms with Crippen LogP contribution in [0.3, 0.4) is 0 Å². The highest BCUT2D eigenvalue weighted by Crippen LogP contribution is 2.38. The fourth-order valence-electron chi connectivity index (χ4n) is 10.5. The van der Waals surface area contributed by atoms with Crippen molar-refractivity contribution in [2.75, 3.05) is 41.0 Å². The van der Waals surface area contributed by atoms with Crippen molar-refractivity contribution in [3.63, 3.8) is 0 Å². The van der Waals surface area contributed by atoms with Gasteiger partial charge >= 0.3 is 11.9 Å². The molecule has 0 saturated carbocycles. The molecule has 16 atom stereocenters. The molecule has 74 heavy (non-hydrogen) atoms. The van der Waals surface area contributed by atoms with Gasteiger partial charge in [0.2, 0.25) is 0 Å². The van der Waals surface area contributed by atoms with E-state index in [0.29, 0.717) is 50.9 Å². The number of esters is 2. The van der Waals surface area contributed by atoms with Crippen LogP contribution in [0.25, 0.3) is 5.69 Å². The fourth-order valence-corrected chi connectivity index (χ4v) is 11.1. The summed E-state index contributed by atoms with van der Waals surface area (Å²) in [6.45, 7) is 16.5. The van der Waals surface area contributed by atoms with Crippen molar-refractivity contribution in [1.29, 1.82) is 0 Å². The molecular formula is C52H82FIN8O12. The van der Waals surface area contributed by atoms with Crippen LogP contribution in [-0.4, -0.2) is 184 Å². The lowest BCUT2D eigenvalue weighted by molar-refractivity contribution is -0.278. The maximum atomic E-state index is 14.6. The Balaban J connectivity index is 1.15. The molecule has 1 aromatic carbocycles. The number of methoxy groups -OCH3 is 1. The van der Waals surface area contributed by atoms with E-state index in [1.165, 1.54) is 13.8 Å². The summed E-state index contributed by atoms with van der Waals surface area (Å²) in [5.74, 6) is -2.10. The van der Waals surface area contributed by atoms with Gasteiger partial charge in [0.15, 0.2) is 16.7 Å². The van der Waals surface area contributed by atoms with Crippen LogP contribution < -0.4 is 0 Å². The number of benzene rings is 1. The molecule has 2 aromatic heterocycles. The zero-order valence-corrected chi connectivity index (χ0v) is 47.5. The van der Waals surface area contributed by atoms with Gasteiger partial charge in [0.05, 0.1) is 65.2 Å². The predicted molar refractivity (Wildman–Crippen MR) is 279 cm³/mol. The van der Waals surface area contributed by atoms with Crippen LogP contribution >= 0.6 is 22.6 Å². The Hall–Kier alpha value is -3.30. The molecule has 22 heteroatoms. The highest BCUT2D eigenvalue weighted by Gasteiger charge is 2.48. The number of aliphatic hydroxyl groups excluding tert-OH is 1. The summed E-state index contributed by atoms with van der Waals surface area (Å²) >= 11 is 1.86. The van der Waals surface area contributed by atoms with E-state index in [0.717, 1.165) is 23.4 Å². The number of halogens is 2. The van der Waals surface area contributed by atoms with E-state index >= 15 is 0 Å². The Kier molecular flexibility index (Phi) is 21.0. The van der Waals surface area contributed by atoms with Gasteiger partial charge in [0.25, 0.3) is 0 Å². The Bertz CT molecular complexity index is 2260. The number of alkyl halides is 2. The zero-order chi connectivity index (χ0) is 54.3. The molecule has 0 unspecified atom stereocenters. The first kappa shape index (κ1) is 59.9. The van der Waals surface area contributed by atoms with Gasteiger partial charge in [-0.05, 0) is 128 Å². The number of ether oxygens (including phenoxy) is 7. The lowest BCUT2D eigenvalue weighted by Crippen LogP contribution is -2.57. The van der Waals surface area contributed by atoms with Gasteiger partial charge in [-0.15, -0.1) is 10.2 Å². The molecule has 6 rings (SSSR count). The molecule has 20 nitrogen and oxygen atoms in total. The Labute approximate surface area is 449 Å². The van der Waals surface area contributed by atoms with Gasteiger partial charge in [0, 0.05) is 77.5 Å². The second-order valence-electron chi connectivity index (χ2n) is 22.1. The maximum absolute atomic E-state index is 14.6. The lowest BCUT2D eigenvalue weighted by atomic mass is 9.83. The molecule has 3 aliphatic rings. The summed E-state index contributed by atoms with van der Waals surface area (Å²) in [4.78, 5) is 29.5. The number of hydrogen-bond donors (Lipinski definition) is 3. The molecule has 0 aliphatic carbocycles. The minimum absolute atomic E-state index is 0.0178. The van der Waals surface area contributed by atoms with Crippen molar-refractivity contribution >= 4 is 34.5 Å². The second kappa shape index (κ2) is 25.9. The third kappa shape index (κ3) is 15.9. The average Bonchev–Trinajstić information content (AvgIpc) is 4.03. The van der Waals surface area contributed by atoms with Crippen LogP contribution in [0.15, 0.2) is 36.7 Å². The molecule has 0 radical (unpaired) electrons. The van der Waals surface area contributed by atoms with Gasteiger partial charge in [-0.3, -0.25) is 9.59 Å². The van der Waals surface area contributed by atoms with Crippen molar-refractivity contribution < 1.29 is 62.5 Å². The number of hydrogen-bond acceptors (Lipinski definition) is 18. The molecule has 3 N–H and O–H groups in total. The SMILES string of the molecule is CO[C@]1(C)C[C@H](O[C@H]2C[C@@H](O[C@H]3C[C@@H](N(C)CCc4cn([C@H](CF)Cc5ccc(-n6cc(COC(C)=O)nn6)cc5)nn4)C[C@@H](C)O3)[C@](C)(O)C[C@@H](C)CN(C)[C@H](C)[C@@H](O)[C@](C)(O)[C@@H](I)OC(=O)[C@@H]2C)O[C@@H](C)C1. The van der Waals surface area contributed by atoms with E-state index in [1.54, 1.807) is 42.7 Å². The number of aliphatic hydroxyl groups is 3. The van der Waals surface area contributed by atoms with E-state index in [2.05, 4.69) is 25.5 Å². The molecule has 0 amide bonds. The van der Waals surface area contributed by atoms with Crippen LogP contribution in [0.1, 0.15) is 124 Å². The number of likely N-dealkylation sites (N-methyl/N-ethyl adjacent to an activating group) is 2. The Morgan fingerprint density at radius 2 is 1.64 bits per heavy atom. The number of nitrogens with zero attached hydrogens (tertiary/aromatic N) is 8. The first-order valence-electron chi connectivity index (χ1n) is 25.9. The molecule has 3 aliphatic heterocycles. The number of carbonyl (C=O) groups excluding carboxylic acids is 2. The smallest absolute Gasteiger partial charge is 0.312 e. The van der Waals surface area contributed by atoms with Crippen molar-refractivity contribution in [2.24, 2.45) is 11.8 Å². The van der Waals surface area contributed by atoms with Crippen molar-refractivity contribution in [1.82, 2.24) is 39.8 Å². The van der Waals surface area contributed by atoms with Gasteiger partial charge < -0.3 is 58.3 Å². The van der Waals surface area contributed by atoms with Crippen LogP contribution in [0.4, 0.5) is 4.39 Å². The first-order chi connectivity index (χ1) is 34.8. The minimum atomic E-state index is -1.81. The molecule has 0 bridgehead atoms. The summed E-state index contributed by atoms with van der Waals surface area (Å²) in [6, 6.07) is 6.46. The van der Waals surface area contributed by atoms with E-state index in [4.69, 9.17) is 33.2 Å². The lowest BCUT2D eigenvalue weighted by Gasteiger charge is -2.45. The average molecular weight is 1160 g/mol. The van der Waals surface area contributed by atoms with Crippen LogP contribution in [0.5, 0.6) is 0 Å². The van der Waals surface area contributed by atoms with Crippen molar-refractivity contribution in [3.8, 4) is 5.69 Å². The van der Waals surface area contributed by atoms with E-state index in [9.17, 15) is 29.3 Å². The van der Waals surface area contributed by atoms with Crippen LogP contribution in [0.2, 0.25) is 0 Å². The summed E-state index contributed by atoms with van der Waals surface area (Å²) in [6.07, 6.45) is 2.01. The number of rotatable bonds is 16. The number of cyclic esters (lactones) is 1. The topological polar surface area (TPSA) is 227 Å². The summed E-state index contributed by atoms with van der Waals surface area (Å²) in [5.41, 5.74) is -0.929. The van der Waals surface area contributed by atoms with Crippen LogP contribution in [0, 0.1) is 11.8 Å². The van der Waals surface area contributed by atoms with E-state index in [-0.39, 0.29) is 43.6 Å². The Morgan fingerprint density at radius 3 is 2.31 bits per heavy atom. The van der Waals surface area contributed by atoms with Gasteiger partial charge in [0.1, 0.15) is 30.7 Å². The number of aromatic nitrogens is 6. The van der Waals surface area contributed by atoms with Crippen molar-refractivity contribution in [2.45, 2.75) is 202 Å². The maximum Gasteiger partial charge on any atom is 0.312 e. The van der Waals surface area contributed by atoms with Crippen LogP contribution in [-0.2, 0) is 62.2 Å². The second-order valence-corrected chi connectivity index (χ2v) is 23.2. The zero-order valence-electron chi connectivity index (χ0n) is 45.3. The van der Waals surface area contributed by atoms with Gasteiger partial charge in [-0.1, -0.05) is 29.5 Å². The number of carbonyl (C=O) groups is 2. The normalized spacial score (nSPS) is 35.7. The Morgan fingerprint density at radius 1 is 0.946 bits per heavy atom. The molecule has 3 aromatic rings. The summed E-state index contributed by atoms with van der Waals surface area (Å²) < 4.78 is 60.1. The first-order valence-corrected chi connectivity index (χ1v) is 27.2. The minimum Gasteiger partial charge on any atom is -0.459 e. The fraction of sp³-hybridized carbons (Fsp3) is 0.769. The monoisotopic (exact) mass is 1160 g/mol. The van der Waals surface area contributed by atoms with Gasteiger partial charge in [-0.25, -0.2) is 13.8 Å². The van der Waals surface area contributed by atoms with Crippen molar-refractivity contribution in [3.05, 3.63) is 53.6 Å². The highest BCUT2D eigenvalue weighted by atomic mass is 127. The summed E-state index contributed by atoms with van der Waals surface area (Å²) in [7, 11) is 5.56. The molecule has 3 saturated heterocycles. The molecule has 0 spiro atoms. The predicted octanol–water partition coefficient (Wildman–Crippen LogP) is 5.30. The van der Waals surface area contributed by atoms with E-state index in [1.807, 2.05) is 100 Å². The van der Waals surface area contributed by atoms with Gasteiger partial charge in [-0.2, -0.15) is 0 Å².